The topological polar surface area (TPSA) is 25.0 Å². The van der Waals surface area contributed by atoms with Crippen molar-refractivity contribution >= 4 is 10.9 Å². The Hall–Kier alpha value is -1.44. The predicted molar refractivity (Wildman–Crippen MR) is 60.3 cm³/mol. The van der Waals surface area contributed by atoms with Crippen molar-refractivity contribution in [3.8, 4) is 5.75 Å². The lowest BCUT2D eigenvalue weighted by Crippen LogP contribution is -1.91. The Morgan fingerprint density at radius 3 is 3.07 bits per heavy atom. The molecule has 1 aromatic heterocycles. The molecule has 0 atom stereocenters. The van der Waals surface area contributed by atoms with Gasteiger partial charge in [-0.15, -0.1) is 0 Å². The molecule has 0 amide bonds. The summed E-state index contributed by atoms with van der Waals surface area (Å²) in [6.45, 7) is 2.70. The normalized spacial score (nSPS) is 15.8. The number of fused-ring (bicyclic) bond motifs is 1. The second kappa shape index (κ2) is 3.30. The first-order chi connectivity index (χ1) is 7.38. The highest BCUT2D eigenvalue weighted by atomic mass is 16.5. The molecule has 1 fully saturated rings. The van der Waals surface area contributed by atoms with Gasteiger partial charge in [-0.1, -0.05) is 0 Å². The molecule has 0 bridgehead atoms. The molecule has 1 heterocycles. The highest BCUT2D eigenvalue weighted by Crippen LogP contribution is 2.41. The zero-order chi connectivity index (χ0) is 10.3. The van der Waals surface area contributed by atoms with E-state index in [4.69, 9.17) is 4.74 Å². The van der Waals surface area contributed by atoms with Crippen molar-refractivity contribution in [3.63, 3.8) is 0 Å². The van der Waals surface area contributed by atoms with Crippen LogP contribution in [0, 0.1) is 6.07 Å². The van der Waals surface area contributed by atoms with Gasteiger partial charge in [0.15, 0.2) is 0 Å². The standard InChI is InChI=1S/C13H14NO/c1-2-15-12-5-3-4-10-8-11(9-6-7-9)14-13(10)12/h4-5,8-9,14H,2,6-7H2,1H3. The minimum atomic E-state index is 0.699. The molecular weight excluding hydrogens is 186 g/mol. The number of benzene rings is 1. The summed E-state index contributed by atoms with van der Waals surface area (Å²) in [5, 5.41) is 1.21. The molecule has 3 rings (SSSR count). The third-order valence-electron chi connectivity index (χ3n) is 2.89. The van der Waals surface area contributed by atoms with Gasteiger partial charge in [-0.25, -0.2) is 0 Å². The van der Waals surface area contributed by atoms with Crippen molar-refractivity contribution in [3.05, 3.63) is 30.0 Å². The van der Waals surface area contributed by atoms with E-state index < -0.39 is 0 Å². The smallest absolute Gasteiger partial charge is 0.143 e. The zero-order valence-corrected chi connectivity index (χ0v) is 8.84. The Balaban J connectivity index is 2.11. The minimum Gasteiger partial charge on any atom is -0.492 e. The van der Waals surface area contributed by atoms with Gasteiger partial charge in [0.1, 0.15) is 5.75 Å². The number of hydrogen-bond acceptors (Lipinski definition) is 1. The Labute approximate surface area is 89.3 Å². The Morgan fingerprint density at radius 2 is 2.33 bits per heavy atom. The van der Waals surface area contributed by atoms with Gasteiger partial charge in [-0.3, -0.25) is 0 Å². The molecule has 0 aliphatic heterocycles. The number of hydrogen-bond donors (Lipinski definition) is 1. The van der Waals surface area contributed by atoms with Crippen molar-refractivity contribution in [2.45, 2.75) is 25.7 Å². The number of H-pyrrole nitrogens is 1. The van der Waals surface area contributed by atoms with Crippen molar-refractivity contribution < 1.29 is 4.74 Å². The number of aromatic amines is 1. The van der Waals surface area contributed by atoms with Crippen LogP contribution in [-0.2, 0) is 0 Å². The lowest BCUT2D eigenvalue weighted by molar-refractivity contribution is 0.343. The van der Waals surface area contributed by atoms with Crippen LogP contribution < -0.4 is 4.74 Å². The summed E-state index contributed by atoms with van der Waals surface area (Å²) >= 11 is 0. The fourth-order valence-corrected chi connectivity index (χ4v) is 1.97. The average Bonchev–Trinajstić information content (AvgIpc) is 2.99. The molecule has 1 aromatic carbocycles. The third-order valence-corrected chi connectivity index (χ3v) is 2.89. The molecule has 2 nitrogen and oxygen atoms in total. The molecule has 0 unspecified atom stereocenters. The van der Waals surface area contributed by atoms with Gasteiger partial charge in [0, 0.05) is 11.1 Å². The van der Waals surface area contributed by atoms with Crippen LogP contribution >= 0.6 is 0 Å². The summed E-state index contributed by atoms with van der Waals surface area (Å²) in [6.07, 6.45) is 2.64. The Kier molecular flexibility index (Phi) is 1.94. The summed E-state index contributed by atoms with van der Waals surface area (Å²) in [5.74, 6) is 1.67. The maximum absolute atomic E-state index is 5.57. The van der Waals surface area contributed by atoms with Crippen molar-refractivity contribution in [2.75, 3.05) is 6.61 Å². The molecule has 77 valence electrons. The zero-order valence-electron chi connectivity index (χ0n) is 8.84. The second-order valence-electron chi connectivity index (χ2n) is 4.08. The van der Waals surface area contributed by atoms with Crippen LogP contribution in [0.5, 0.6) is 5.75 Å². The SMILES string of the molecule is CCOc1c[c]cc2cc(C3CC3)[nH]c12. The average molecular weight is 200 g/mol. The number of aromatic nitrogens is 1. The molecule has 2 heteroatoms. The van der Waals surface area contributed by atoms with E-state index in [2.05, 4.69) is 17.1 Å². The van der Waals surface area contributed by atoms with Crippen LogP contribution in [0.2, 0.25) is 0 Å². The molecular formula is C13H14NO. The van der Waals surface area contributed by atoms with E-state index in [-0.39, 0.29) is 0 Å². The van der Waals surface area contributed by atoms with E-state index in [1.165, 1.54) is 23.9 Å². The van der Waals surface area contributed by atoms with Gasteiger partial charge in [0.05, 0.1) is 12.1 Å². The molecule has 1 aliphatic rings. The molecule has 0 saturated heterocycles. The summed E-state index contributed by atoms with van der Waals surface area (Å²) in [7, 11) is 0. The molecule has 15 heavy (non-hydrogen) atoms. The summed E-state index contributed by atoms with van der Waals surface area (Å²) in [5.41, 5.74) is 2.48. The van der Waals surface area contributed by atoms with Gasteiger partial charge >= 0.3 is 0 Å². The summed E-state index contributed by atoms with van der Waals surface area (Å²) in [4.78, 5) is 3.47. The molecule has 1 radical (unpaired) electrons. The number of ether oxygens (including phenoxy) is 1. The summed E-state index contributed by atoms with van der Waals surface area (Å²) in [6, 6.07) is 9.26. The van der Waals surface area contributed by atoms with E-state index in [9.17, 15) is 0 Å². The van der Waals surface area contributed by atoms with E-state index >= 15 is 0 Å². The number of nitrogens with one attached hydrogen (secondary N) is 1. The Bertz CT molecular complexity index is 482. The maximum Gasteiger partial charge on any atom is 0.143 e. The Morgan fingerprint density at radius 1 is 1.47 bits per heavy atom. The van der Waals surface area contributed by atoms with Gasteiger partial charge in [-0.05, 0) is 49.9 Å². The summed E-state index contributed by atoms with van der Waals surface area (Å²) < 4.78 is 5.57. The van der Waals surface area contributed by atoms with Crippen LogP contribution in [-0.4, -0.2) is 11.6 Å². The lowest BCUT2D eigenvalue weighted by Gasteiger charge is -2.03. The van der Waals surface area contributed by atoms with Gasteiger partial charge in [0.2, 0.25) is 0 Å². The first kappa shape index (κ1) is 8.84. The molecule has 1 N–H and O–H groups in total. The lowest BCUT2D eigenvalue weighted by atomic mass is 10.2. The number of rotatable bonds is 3. The first-order valence-electron chi connectivity index (χ1n) is 5.54. The van der Waals surface area contributed by atoms with E-state index in [0.29, 0.717) is 6.61 Å². The van der Waals surface area contributed by atoms with Crippen molar-refractivity contribution in [1.29, 1.82) is 0 Å². The second-order valence-corrected chi connectivity index (χ2v) is 4.08. The molecule has 0 spiro atoms. The fraction of sp³-hybridized carbons (Fsp3) is 0.385. The van der Waals surface area contributed by atoms with E-state index in [1.807, 2.05) is 19.1 Å². The quantitative estimate of drug-likeness (QED) is 0.808. The largest absolute Gasteiger partial charge is 0.492 e. The van der Waals surface area contributed by atoms with Crippen molar-refractivity contribution in [1.82, 2.24) is 4.98 Å². The van der Waals surface area contributed by atoms with Crippen LogP contribution in [0.1, 0.15) is 31.4 Å². The van der Waals surface area contributed by atoms with E-state index in [1.54, 1.807) is 0 Å². The van der Waals surface area contributed by atoms with Crippen LogP contribution in [0.4, 0.5) is 0 Å². The molecule has 2 aromatic rings. The van der Waals surface area contributed by atoms with Gasteiger partial charge in [-0.2, -0.15) is 0 Å². The highest BCUT2D eigenvalue weighted by Gasteiger charge is 2.25. The van der Waals surface area contributed by atoms with Crippen LogP contribution in [0.25, 0.3) is 10.9 Å². The highest BCUT2D eigenvalue weighted by molar-refractivity contribution is 5.86. The fourth-order valence-electron chi connectivity index (χ4n) is 1.97. The van der Waals surface area contributed by atoms with Gasteiger partial charge in [0.25, 0.3) is 0 Å². The van der Waals surface area contributed by atoms with E-state index in [0.717, 1.165) is 17.2 Å². The van der Waals surface area contributed by atoms with Crippen LogP contribution in [0.3, 0.4) is 0 Å². The molecule has 1 saturated carbocycles. The minimum absolute atomic E-state index is 0.699. The first-order valence-corrected chi connectivity index (χ1v) is 5.54. The predicted octanol–water partition coefficient (Wildman–Crippen LogP) is 3.24. The van der Waals surface area contributed by atoms with Gasteiger partial charge < -0.3 is 9.72 Å². The maximum atomic E-state index is 5.57. The van der Waals surface area contributed by atoms with Crippen molar-refractivity contribution in [2.24, 2.45) is 0 Å². The third kappa shape index (κ3) is 1.50. The monoisotopic (exact) mass is 200 g/mol. The van der Waals surface area contributed by atoms with Crippen LogP contribution in [0.15, 0.2) is 18.2 Å². The molecule has 1 aliphatic carbocycles.